The molecule has 0 bridgehead atoms. The number of hydrogen-bond acceptors (Lipinski definition) is 7. The van der Waals surface area contributed by atoms with E-state index in [1.165, 1.54) is 5.56 Å². The van der Waals surface area contributed by atoms with Crippen LogP contribution in [0, 0.1) is 13.8 Å². The maximum atomic E-state index is 13.4. The number of methoxy groups -OCH3 is 2. The molecule has 30 heavy (non-hydrogen) atoms. The third-order valence-electron chi connectivity index (χ3n) is 5.22. The Balaban J connectivity index is 1.79. The van der Waals surface area contributed by atoms with Gasteiger partial charge in [0.2, 0.25) is 11.9 Å². The van der Waals surface area contributed by atoms with Crippen molar-refractivity contribution >= 4 is 23.6 Å². The van der Waals surface area contributed by atoms with Crippen LogP contribution in [0.1, 0.15) is 28.9 Å². The summed E-state index contributed by atoms with van der Waals surface area (Å²) in [7, 11) is 3.27. The lowest BCUT2D eigenvalue weighted by molar-refractivity contribution is -0.133. The average molecular weight is 431 g/mol. The van der Waals surface area contributed by atoms with Crippen LogP contribution in [0.2, 0.25) is 0 Å². The summed E-state index contributed by atoms with van der Waals surface area (Å²) in [5, 5.41) is 3.29. The summed E-state index contributed by atoms with van der Waals surface area (Å²) in [4.78, 5) is 24.2. The highest BCUT2D eigenvalue weighted by Crippen LogP contribution is 2.33. The molecule has 0 saturated carbocycles. The minimum Gasteiger partial charge on any atom is -0.493 e. The molecular formula is C22H30N4O3S. The van der Waals surface area contributed by atoms with Gasteiger partial charge in [-0.25, -0.2) is 9.97 Å². The zero-order chi connectivity index (χ0) is 21.7. The quantitative estimate of drug-likeness (QED) is 0.689. The van der Waals surface area contributed by atoms with Crippen molar-refractivity contribution < 1.29 is 14.3 Å². The summed E-state index contributed by atoms with van der Waals surface area (Å²) < 4.78 is 10.9. The van der Waals surface area contributed by atoms with Gasteiger partial charge in [-0.15, -0.1) is 0 Å². The van der Waals surface area contributed by atoms with Crippen LogP contribution in [-0.4, -0.2) is 59.6 Å². The molecular weight excluding hydrogens is 400 g/mol. The number of ether oxygens (including phenoxy) is 2. The SMILES string of the molecule is COc1cc2c(cc1OC)CN(C(=O)[C@@H](CCSC)Nc1nc(C)cc(C)n1)CC2. The van der Waals surface area contributed by atoms with Gasteiger partial charge in [-0.1, -0.05) is 0 Å². The topological polar surface area (TPSA) is 76.6 Å². The van der Waals surface area contributed by atoms with Crippen LogP contribution in [0.15, 0.2) is 18.2 Å². The highest BCUT2D eigenvalue weighted by Gasteiger charge is 2.28. The van der Waals surface area contributed by atoms with Crippen molar-refractivity contribution in [1.82, 2.24) is 14.9 Å². The predicted octanol–water partition coefficient (Wildman–Crippen LogP) is 3.23. The zero-order valence-corrected chi connectivity index (χ0v) is 19.1. The largest absolute Gasteiger partial charge is 0.493 e. The number of thioether (sulfide) groups is 1. The second-order valence-corrected chi connectivity index (χ2v) is 8.42. The molecule has 0 fully saturated rings. The summed E-state index contributed by atoms with van der Waals surface area (Å²) in [6, 6.07) is 5.56. The molecule has 1 aliphatic rings. The first kappa shape index (κ1) is 22.2. The summed E-state index contributed by atoms with van der Waals surface area (Å²) in [6.07, 6.45) is 3.55. The van der Waals surface area contributed by atoms with Crippen LogP contribution < -0.4 is 14.8 Å². The summed E-state index contributed by atoms with van der Waals surface area (Å²) in [5.41, 5.74) is 4.06. The Labute approximate surface area is 182 Å². The molecule has 3 rings (SSSR count). The Morgan fingerprint density at radius 2 is 1.77 bits per heavy atom. The molecule has 1 atom stereocenters. The van der Waals surface area contributed by atoms with E-state index in [0.29, 0.717) is 31.2 Å². The number of anilines is 1. The Morgan fingerprint density at radius 1 is 1.13 bits per heavy atom. The van der Waals surface area contributed by atoms with Crippen molar-refractivity contribution in [3.63, 3.8) is 0 Å². The van der Waals surface area contributed by atoms with Gasteiger partial charge in [0.1, 0.15) is 6.04 Å². The van der Waals surface area contributed by atoms with E-state index >= 15 is 0 Å². The van der Waals surface area contributed by atoms with E-state index in [1.54, 1.807) is 26.0 Å². The van der Waals surface area contributed by atoms with Gasteiger partial charge >= 0.3 is 0 Å². The molecule has 2 heterocycles. The molecule has 0 unspecified atom stereocenters. The highest BCUT2D eigenvalue weighted by atomic mass is 32.2. The molecule has 1 N–H and O–H groups in total. The van der Waals surface area contributed by atoms with Crippen LogP contribution in [0.4, 0.5) is 5.95 Å². The van der Waals surface area contributed by atoms with Gasteiger partial charge in [0.25, 0.3) is 0 Å². The highest BCUT2D eigenvalue weighted by molar-refractivity contribution is 7.98. The number of hydrogen-bond donors (Lipinski definition) is 1. The number of rotatable bonds is 8. The van der Waals surface area contributed by atoms with E-state index in [1.807, 2.05) is 43.2 Å². The van der Waals surface area contributed by atoms with E-state index in [2.05, 4.69) is 15.3 Å². The van der Waals surface area contributed by atoms with Gasteiger partial charge in [0, 0.05) is 24.5 Å². The van der Waals surface area contributed by atoms with Crippen molar-refractivity contribution in [2.24, 2.45) is 0 Å². The molecule has 0 aliphatic carbocycles. The number of fused-ring (bicyclic) bond motifs is 1. The fourth-order valence-corrected chi connectivity index (χ4v) is 4.20. The molecule has 2 aromatic rings. The van der Waals surface area contributed by atoms with E-state index in [-0.39, 0.29) is 11.9 Å². The Hall–Kier alpha value is -2.48. The van der Waals surface area contributed by atoms with Gasteiger partial charge in [0.05, 0.1) is 14.2 Å². The standard InChI is InChI=1S/C22H30N4O3S/c1-14-10-15(2)24-22(23-14)25-18(7-9-30-5)21(27)26-8-6-16-11-19(28-3)20(29-4)12-17(16)13-26/h10-12,18H,6-9,13H2,1-5H3,(H,23,24,25)/t18-/m1/s1. The monoisotopic (exact) mass is 430 g/mol. The van der Waals surface area contributed by atoms with Gasteiger partial charge < -0.3 is 19.7 Å². The van der Waals surface area contributed by atoms with Crippen LogP contribution in [0.25, 0.3) is 0 Å². The number of nitrogens with zero attached hydrogens (tertiary/aromatic N) is 3. The van der Waals surface area contributed by atoms with Gasteiger partial charge in [-0.05, 0) is 68.0 Å². The van der Waals surface area contributed by atoms with Gasteiger partial charge in [0.15, 0.2) is 11.5 Å². The molecule has 1 aromatic heterocycles. The maximum Gasteiger partial charge on any atom is 0.245 e. The van der Waals surface area contributed by atoms with E-state index in [9.17, 15) is 4.79 Å². The van der Waals surface area contributed by atoms with Crippen molar-refractivity contribution in [1.29, 1.82) is 0 Å². The third-order valence-corrected chi connectivity index (χ3v) is 5.87. The predicted molar refractivity (Wildman–Crippen MR) is 121 cm³/mol. The van der Waals surface area contributed by atoms with Crippen molar-refractivity contribution in [2.45, 2.75) is 39.3 Å². The van der Waals surface area contributed by atoms with Crippen LogP contribution in [0.3, 0.4) is 0 Å². The molecule has 1 aliphatic heterocycles. The number of amides is 1. The summed E-state index contributed by atoms with van der Waals surface area (Å²) in [6.45, 7) is 5.09. The number of carbonyl (C=O) groups excluding carboxylic acids is 1. The Morgan fingerprint density at radius 3 is 2.37 bits per heavy atom. The average Bonchev–Trinajstić information content (AvgIpc) is 2.73. The molecule has 0 radical (unpaired) electrons. The van der Waals surface area contributed by atoms with Crippen molar-refractivity contribution in [3.05, 3.63) is 40.7 Å². The molecule has 162 valence electrons. The second kappa shape index (κ2) is 10.0. The number of benzene rings is 1. The molecule has 1 aromatic carbocycles. The normalized spacial score (nSPS) is 14.1. The summed E-state index contributed by atoms with van der Waals surface area (Å²) >= 11 is 1.73. The van der Waals surface area contributed by atoms with E-state index in [0.717, 1.165) is 34.9 Å². The number of aryl methyl sites for hydroxylation is 2. The second-order valence-electron chi connectivity index (χ2n) is 7.44. The molecule has 7 nitrogen and oxygen atoms in total. The molecule has 0 spiro atoms. The fourth-order valence-electron chi connectivity index (χ4n) is 3.73. The lowest BCUT2D eigenvalue weighted by atomic mass is 9.98. The number of aromatic nitrogens is 2. The van der Waals surface area contributed by atoms with Gasteiger partial charge in [-0.2, -0.15) is 11.8 Å². The van der Waals surface area contributed by atoms with E-state index < -0.39 is 0 Å². The first-order chi connectivity index (χ1) is 14.4. The van der Waals surface area contributed by atoms with Crippen molar-refractivity contribution in [3.8, 4) is 11.5 Å². The first-order valence-electron chi connectivity index (χ1n) is 10.1. The van der Waals surface area contributed by atoms with Crippen LogP contribution >= 0.6 is 11.8 Å². The minimum atomic E-state index is -0.361. The third kappa shape index (κ3) is 5.16. The maximum absolute atomic E-state index is 13.4. The zero-order valence-electron chi connectivity index (χ0n) is 18.3. The van der Waals surface area contributed by atoms with Gasteiger partial charge in [-0.3, -0.25) is 4.79 Å². The van der Waals surface area contributed by atoms with Crippen molar-refractivity contribution in [2.75, 3.05) is 38.1 Å². The minimum absolute atomic E-state index is 0.0762. The Bertz CT molecular complexity index is 886. The smallest absolute Gasteiger partial charge is 0.245 e. The van der Waals surface area contributed by atoms with Crippen LogP contribution in [0.5, 0.6) is 11.5 Å². The molecule has 8 heteroatoms. The van der Waals surface area contributed by atoms with E-state index in [4.69, 9.17) is 9.47 Å². The lowest BCUT2D eigenvalue weighted by Gasteiger charge is -2.32. The molecule has 0 saturated heterocycles. The first-order valence-corrected chi connectivity index (χ1v) is 11.4. The number of carbonyl (C=O) groups is 1. The fraction of sp³-hybridized carbons (Fsp3) is 0.500. The molecule has 1 amide bonds. The van der Waals surface area contributed by atoms with Crippen LogP contribution in [-0.2, 0) is 17.8 Å². The number of nitrogens with one attached hydrogen (secondary N) is 1. The Kier molecular flexibility index (Phi) is 7.42. The summed E-state index contributed by atoms with van der Waals surface area (Å²) in [5.74, 6) is 2.88. The lowest BCUT2D eigenvalue weighted by Crippen LogP contribution is -2.45.